The molecule has 0 spiro atoms. The van der Waals surface area contributed by atoms with Crippen LogP contribution in [0.5, 0.6) is 0 Å². The molecular weight excluding hydrogens is 176 g/mol. The molecule has 1 fully saturated rings. The molecule has 0 aliphatic heterocycles. The van der Waals surface area contributed by atoms with Crippen LogP contribution in [0.25, 0.3) is 0 Å². The highest BCUT2D eigenvalue weighted by molar-refractivity contribution is 5.00. The number of nitrogens with zero attached hydrogens (tertiary/aromatic N) is 1. The van der Waals surface area contributed by atoms with Gasteiger partial charge in [-0.25, -0.2) is 4.68 Å². The molecule has 0 amide bonds. The molecule has 1 aromatic heterocycles. The molecule has 0 radical (unpaired) electrons. The van der Waals surface area contributed by atoms with Crippen LogP contribution >= 0.6 is 0 Å². The smallest absolute Gasteiger partial charge is 0.266 e. The van der Waals surface area contributed by atoms with E-state index in [1.54, 1.807) is 6.07 Å². The van der Waals surface area contributed by atoms with Gasteiger partial charge in [0.1, 0.15) is 0 Å². The summed E-state index contributed by atoms with van der Waals surface area (Å²) in [6.45, 7) is 2.07. The Bertz CT molecular complexity index is 344. The Morgan fingerprint density at radius 2 is 2.14 bits per heavy atom. The third-order valence-electron chi connectivity index (χ3n) is 3.12. The quantitative estimate of drug-likeness (QED) is 0.770. The fraction of sp³-hybridized carbons (Fsp3) is 0.727. The first-order chi connectivity index (χ1) is 6.81. The number of H-pyrrole nitrogens is 1. The summed E-state index contributed by atoms with van der Waals surface area (Å²) in [6, 6.07) is 2.16. The van der Waals surface area contributed by atoms with Gasteiger partial charge in [-0.15, -0.1) is 0 Å². The lowest BCUT2D eigenvalue weighted by molar-refractivity contribution is 0.322. The van der Waals surface area contributed by atoms with Crippen LogP contribution in [0.4, 0.5) is 0 Å². The fourth-order valence-corrected chi connectivity index (χ4v) is 2.25. The molecule has 3 heteroatoms. The zero-order chi connectivity index (χ0) is 9.97. The Labute approximate surface area is 84.1 Å². The van der Waals surface area contributed by atoms with Crippen LogP contribution in [-0.2, 0) is 6.42 Å². The Morgan fingerprint density at radius 1 is 1.43 bits per heavy atom. The lowest BCUT2D eigenvalue weighted by Crippen LogP contribution is -2.23. The van der Waals surface area contributed by atoms with Crippen LogP contribution in [0, 0.1) is 0 Å². The second kappa shape index (κ2) is 4.03. The van der Waals surface area contributed by atoms with Crippen LogP contribution in [0.3, 0.4) is 0 Å². The van der Waals surface area contributed by atoms with Crippen molar-refractivity contribution in [3.63, 3.8) is 0 Å². The van der Waals surface area contributed by atoms with E-state index in [0.717, 1.165) is 25.0 Å². The minimum Gasteiger partial charge on any atom is -0.299 e. The van der Waals surface area contributed by atoms with E-state index in [1.807, 2.05) is 4.68 Å². The number of nitrogens with one attached hydrogen (secondary N) is 1. The number of hydrogen-bond donors (Lipinski definition) is 1. The molecule has 78 valence electrons. The topological polar surface area (TPSA) is 37.8 Å². The highest BCUT2D eigenvalue weighted by atomic mass is 16.1. The summed E-state index contributed by atoms with van der Waals surface area (Å²) in [5.41, 5.74) is 1.20. The lowest BCUT2D eigenvalue weighted by Gasteiger charge is -2.21. The molecule has 0 bridgehead atoms. The van der Waals surface area contributed by atoms with Crippen LogP contribution < -0.4 is 5.56 Å². The van der Waals surface area contributed by atoms with Gasteiger partial charge in [-0.2, -0.15) is 0 Å². The first-order valence-corrected chi connectivity index (χ1v) is 5.61. The van der Waals surface area contributed by atoms with Gasteiger partial charge in [0.15, 0.2) is 0 Å². The maximum atomic E-state index is 11.6. The number of rotatable bonds is 2. The van der Waals surface area contributed by atoms with Crippen molar-refractivity contribution in [1.29, 1.82) is 0 Å². The monoisotopic (exact) mass is 194 g/mol. The minimum atomic E-state index is 0.147. The Hall–Kier alpha value is -0.990. The first-order valence-electron chi connectivity index (χ1n) is 5.61. The molecule has 0 saturated heterocycles. The number of aromatic nitrogens is 2. The van der Waals surface area contributed by atoms with Gasteiger partial charge in [0.05, 0.1) is 6.04 Å². The number of aryl methyl sites for hydroxylation is 1. The van der Waals surface area contributed by atoms with E-state index in [4.69, 9.17) is 0 Å². The van der Waals surface area contributed by atoms with E-state index >= 15 is 0 Å². The highest BCUT2D eigenvalue weighted by Crippen LogP contribution is 2.26. The SMILES string of the molecule is CCc1cc(=O)n(C2CCCCC2)[nH]1. The van der Waals surface area contributed by atoms with Crippen molar-refractivity contribution < 1.29 is 0 Å². The van der Waals surface area contributed by atoms with Gasteiger partial charge in [-0.05, 0) is 19.3 Å². The Balaban J connectivity index is 2.21. The average Bonchev–Trinajstić information content (AvgIpc) is 2.61. The van der Waals surface area contributed by atoms with E-state index in [1.165, 1.54) is 19.3 Å². The van der Waals surface area contributed by atoms with Gasteiger partial charge in [-0.1, -0.05) is 26.2 Å². The first kappa shape index (κ1) is 9.56. The van der Waals surface area contributed by atoms with Crippen LogP contribution in [0.1, 0.15) is 50.8 Å². The van der Waals surface area contributed by atoms with Crippen molar-refractivity contribution in [3.05, 3.63) is 22.1 Å². The highest BCUT2D eigenvalue weighted by Gasteiger charge is 2.17. The summed E-state index contributed by atoms with van der Waals surface area (Å²) in [7, 11) is 0. The van der Waals surface area contributed by atoms with Crippen molar-refractivity contribution in [2.24, 2.45) is 0 Å². The van der Waals surface area contributed by atoms with E-state index in [9.17, 15) is 4.79 Å². The van der Waals surface area contributed by atoms with Gasteiger partial charge < -0.3 is 0 Å². The molecule has 3 nitrogen and oxygen atoms in total. The normalized spacial score (nSPS) is 18.6. The minimum absolute atomic E-state index is 0.147. The summed E-state index contributed by atoms with van der Waals surface area (Å²) in [4.78, 5) is 11.6. The van der Waals surface area contributed by atoms with Crippen molar-refractivity contribution in [1.82, 2.24) is 9.78 Å². The average molecular weight is 194 g/mol. The third kappa shape index (κ3) is 1.76. The summed E-state index contributed by atoms with van der Waals surface area (Å²) >= 11 is 0. The van der Waals surface area contributed by atoms with Gasteiger partial charge >= 0.3 is 0 Å². The van der Waals surface area contributed by atoms with Crippen molar-refractivity contribution in [3.8, 4) is 0 Å². The third-order valence-corrected chi connectivity index (χ3v) is 3.12. The van der Waals surface area contributed by atoms with Crippen molar-refractivity contribution in [2.45, 2.75) is 51.5 Å². The molecule has 1 N–H and O–H groups in total. The predicted molar refractivity (Wildman–Crippen MR) is 56.6 cm³/mol. The zero-order valence-corrected chi connectivity index (χ0v) is 8.75. The molecule has 2 rings (SSSR count). The lowest BCUT2D eigenvalue weighted by atomic mass is 9.96. The largest absolute Gasteiger partial charge is 0.299 e. The molecule has 0 aromatic carbocycles. The molecule has 0 unspecified atom stereocenters. The zero-order valence-electron chi connectivity index (χ0n) is 8.75. The Kier molecular flexibility index (Phi) is 2.75. The number of aromatic amines is 1. The maximum Gasteiger partial charge on any atom is 0.266 e. The van der Waals surface area contributed by atoms with E-state index in [0.29, 0.717) is 6.04 Å². The molecule has 1 aromatic rings. The van der Waals surface area contributed by atoms with Gasteiger partial charge in [0.2, 0.25) is 0 Å². The van der Waals surface area contributed by atoms with Gasteiger partial charge in [0, 0.05) is 11.8 Å². The van der Waals surface area contributed by atoms with E-state index < -0.39 is 0 Å². The second-order valence-corrected chi connectivity index (χ2v) is 4.14. The van der Waals surface area contributed by atoms with Crippen LogP contribution in [0.15, 0.2) is 10.9 Å². The summed E-state index contributed by atoms with van der Waals surface area (Å²) < 4.78 is 1.83. The molecule has 1 aliphatic carbocycles. The molecule has 1 saturated carbocycles. The van der Waals surface area contributed by atoms with Crippen LogP contribution in [-0.4, -0.2) is 9.78 Å². The maximum absolute atomic E-state index is 11.6. The molecule has 1 aliphatic rings. The predicted octanol–water partition coefficient (Wildman–Crippen LogP) is 2.24. The molecule has 1 heterocycles. The van der Waals surface area contributed by atoms with E-state index in [-0.39, 0.29) is 5.56 Å². The molecule has 14 heavy (non-hydrogen) atoms. The molecular formula is C11H18N2O. The van der Waals surface area contributed by atoms with E-state index in [2.05, 4.69) is 12.0 Å². The second-order valence-electron chi connectivity index (χ2n) is 4.14. The summed E-state index contributed by atoms with van der Waals surface area (Å²) in [6.07, 6.45) is 7.07. The van der Waals surface area contributed by atoms with Crippen molar-refractivity contribution in [2.75, 3.05) is 0 Å². The van der Waals surface area contributed by atoms with Gasteiger partial charge in [0.25, 0.3) is 5.56 Å². The molecule has 0 atom stereocenters. The van der Waals surface area contributed by atoms with Crippen LogP contribution in [0.2, 0.25) is 0 Å². The summed E-state index contributed by atoms with van der Waals surface area (Å²) in [5.74, 6) is 0. The Morgan fingerprint density at radius 3 is 2.71 bits per heavy atom. The summed E-state index contributed by atoms with van der Waals surface area (Å²) in [5, 5.41) is 3.20. The van der Waals surface area contributed by atoms with Crippen molar-refractivity contribution >= 4 is 0 Å². The fourth-order valence-electron chi connectivity index (χ4n) is 2.25. The standard InChI is InChI=1S/C11H18N2O/c1-2-9-8-11(14)13(12-9)10-6-4-3-5-7-10/h8,10,12H,2-7H2,1H3. The number of hydrogen-bond acceptors (Lipinski definition) is 1. The van der Waals surface area contributed by atoms with Gasteiger partial charge in [-0.3, -0.25) is 9.89 Å².